The van der Waals surface area contributed by atoms with Crippen LogP contribution in [0.3, 0.4) is 0 Å². The summed E-state index contributed by atoms with van der Waals surface area (Å²) in [6.07, 6.45) is -0.182. The Bertz CT molecular complexity index is 1260. The van der Waals surface area contributed by atoms with E-state index < -0.39 is 12.7 Å². The first-order chi connectivity index (χ1) is 15.7. The fourth-order valence-electron chi connectivity index (χ4n) is 3.57. The third kappa shape index (κ3) is 5.14. The Kier molecular flexibility index (Phi) is 6.04. The molecule has 0 radical (unpaired) electrons. The van der Waals surface area contributed by atoms with Crippen molar-refractivity contribution in [3.63, 3.8) is 0 Å². The van der Waals surface area contributed by atoms with Gasteiger partial charge in [-0.25, -0.2) is 9.67 Å². The quantitative estimate of drug-likeness (QED) is 0.418. The minimum atomic E-state index is -4.38. The number of imidazole rings is 1. The van der Waals surface area contributed by atoms with E-state index in [0.717, 1.165) is 21.4 Å². The van der Waals surface area contributed by atoms with Gasteiger partial charge in [0.1, 0.15) is 18.1 Å². The maximum Gasteiger partial charge on any atom is 0.406 e. The highest BCUT2D eigenvalue weighted by atomic mass is 19.4. The van der Waals surface area contributed by atoms with Gasteiger partial charge in [-0.05, 0) is 25.1 Å². The van der Waals surface area contributed by atoms with Crippen molar-refractivity contribution in [1.82, 2.24) is 24.2 Å². The van der Waals surface area contributed by atoms with Gasteiger partial charge in [0.05, 0.1) is 17.8 Å². The van der Waals surface area contributed by atoms with Crippen LogP contribution in [0.15, 0.2) is 73.2 Å². The van der Waals surface area contributed by atoms with Gasteiger partial charge in [-0.3, -0.25) is 4.79 Å². The number of benzene rings is 2. The standard InChI is InChI=1S/C24H22F3N5O/c1-17-7-6-8-18(13-17)22-20(14-32(29-22)19-9-4-3-5-10-19)23(33)30(2)15-21-28-11-12-31(21)16-24(25,26)27/h3-14H,15-16H2,1-2H3. The number of para-hydroxylation sites is 1. The molecule has 9 heteroatoms. The number of aryl methyl sites for hydroxylation is 1. The Morgan fingerprint density at radius 1 is 1.09 bits per heavy atom. The average molecular weight is 453 g/mol. The van der Waals surface area contributed by atoms with E-state index in [2.05, 4.69) is 10.1 Å². The number of aromatic nitrogens is 4. The van der Waals surface area contributed by atoms with Crippen LogP contribution in [0.2, 0.25) is 0 Å². The van der Waals surface area contributed by atoms with Crippen LogP contribution in [-0.4, -0.2) is 43.4 Å². The second-order valence-corrected chi connectivity index (χ2v) is 7.79. The number of rotatable bonds is 6. The second-order valence-electron chi connectivity index (χ2n) is 7.79. The number of carbonyl (C=O) groups excluding carboxylic acids is 1. The summed E-state index contributed by atoms with van der Waals surface area (Å²) in [7, 11) is 1.54. The summed E-state index contributed by atoms with van der Waals surface area (Å²) in [6.45, 7) is 0.711. The third-order valence-electron chi connectivity index (χ3n) is 5.13. The van der Waals surface area contributed by atoms with Crippen molar-refractivity contribution < 1.29 is 18.0 Å². The van der Waals surface area contributed by atoms with Crippen molar-refractivity contribution in [2.45, 2.75) is 26.2 Å². The van der Waals surface area contributed by atoms with Gasteiger partial charge < -0.3 is 9.47 Å². The van der Waals surface area contributed by atoms with E-state index in [1.54, 1.807) is 10.9 Å². The molecule has 4 rings (SSSR count). The maximum absolute atomic E-state index is 13.4. The highest BCUT2D eigenvalue weighted by molar-refractivity contribution is 5.99. The molecular weight excluding hydrogens is 431 g/mol. The number of nitrogens with zero attached hydrogens (tertiary/aromatic N) is 5. The van der Waals surface area contributed by atoms with Gasteiger partial charge in [-0.15, -0.1) is 0 Å². The summed E-state index contributed by atoms with van der Waals surface area (Å²) in [4.78, 5) is 18.8. The summed E-state index contributed by atoms with van der Waals surface area (Å²) in [6, 6.07) is 17.0. The van der Waals surface area contributed by atoms with Crippen LogP contribution in [0, 0.1) is 6.92 Å². The van der Waals surface area contributed by atoms with E-state index in [-0.39, 0.29) is 18.3 Å². The fraction of sp³-hybridized carbons (Fsp3) is 0.208. The summed E-state index contributed by atoms with van der Waals surface area (Å²) in [5, 5.41) is 4.66. The van der Waals surface area contributed by atoms with E-state index in [1.165, 1.54) is 24.3 Å². The molecule has 0 aliphatic carbocycles. The molecule has 33 heavy (non-hydrogen) atoms. The van der Waals surface area contributed by atoms with E-state index >= 15 is 0 Å². The number of carbonyl (C=O) groups is 1. The molecule has 4 aromatic rings. The van der Waals surface area contributed by atoms with E-state index in [9.17, 15) is 18.0 Å². The molecule has 0 fully saturated rings. The van der Waals surface area contributed by atoms with Gasteiger partial charge in [-0.2, -0.15) is 18.3 Å². The number of halogens is 3. The second kappa shape index (κ2) is 8.93. The highest BCUT2D eigenvalue weighted by Gasteiger charge is 2.29. The van der Waals surface area contributed by atoms with Crippen LogP contribution in [0.25, 0.3) is 16.9 Å². The average Bonchev–Trinajstić information content (AvgIpc) is 3.40. The molecule has 2 heterocycles. The lowest BCUT2D eigenvalue weighted by Crippen LogP contribution is -2.29. The summed E-state index contributed by atoms with van der Waals surface area (Å²) >= 11 is 0. The molecule has 0 spiro atoms. The van der Waals surface area contributed by atoms with Gasteiger partial charge >= 0.3 is 6.18 Å². The number of alkyl halides is 3. The number of hydrogen-bond acceptors (Lipinski definition) is 3. The first-order valence-electron chi connectivity index (χ1n) is 10.3. The molecule has 0 unspecified atom stereocenters. The normalized spacial score (nSPS) is 11.5. The molecule has 0 saturated carbocycles. The predicted octanol–water partition coefficient (Wildman–Crippen LogP) is 4.88. The van der Waals surface area contributed by atoms with Crippen LogP contribution in [0.4, 0.5) is 13.2 Å². The molecule has 2 aromatic carbocycles. The van der Waals surface area contributed by atoms with Gasteiger partial charge in [0.2, 0.25) is 0 Å². The topological polar surface area (TPSA) is 56.0 Å². The molecule has 0 atom stereocenters. The SMILES string of the molecule is Cc1cccc(-c2nn(-c3ccccc3)cc2C(=O)N(C)Cc2nccn2CC(F)(F)F)c1. The number of amides is 1. The van der Waals surface area contributed by atoms with E-state index in [0.29, 0.717) is 11.3 Å². The minimum Gasteiger partial charge on any atom is -0.334 e. The third-order valence-corrected chi connectivity index (χ3v) is 5.13. The van der Waals surface area contributed by atoms with Crippen molar-refractivity contribution in [3.8, 4) is 16.9 Å². The summed E-state index contributed by atoms with van der Waals surface area (Å²) in [5.74, 6) is -0.217. The zero-order chi connectivity index (χ0) is 23.6. The van der Waals surface area contributed by atoms with Gasteiger partial charge in [-0.1, -0.05) is 42.0 Å². The zero-order valence-corrected chi connectivity index (χ0v) is 18.1. The number of hydrogen-bond donors (Lipinski definition) is 0. The Morgan fingerprint density at radius 3 is 2.55 bits per heavy atom. The lowest BCUT2D eigenvalue weighted by molar-refractivity contribution is -0.141. The molecule has 0 aliphatic rings. The van der Waals surface area contributed by atoms with Crippen LogP contribution in [-0.2, 0) is 13.1 Å². The fourth-order valence-corrected chi connectivity index (χ4v) is 3.57. The van der Waals surface area contributed by atoms with Crippen molar-refractivity contribution in [2.75, 3.05) is 7.05 Å². The molecule has 1 amide bonds. The summed E-state index contributed by atoms with van der Waals surface area (Å²) < 4.78 is 41.2. The molecule has 0 saturated heterocycles. The molecule has 2 aromatic heterocycles. The van der Waals surface area contributed by atoms with Crippen molar-refractivity contribution >= 4 is 5.91 Å². The van der Waals surface area contributed by atoms with Gasteiger partial charge in [0.15, 0.2) is 0 Å². The molecule has 0 bridgehead atoms. The Balaban J connectivity index is 1.68. The Labute approximate surface area is 188 Å². The minimum absolute atomic E-state index is 0.0777. The predicted molar refractivity (Wildman–Crippen MR) is 118 cm³/mol. The van der Waals surface area contributed by atoms with Gasteiger partial charge in [0, 0.05) is 31.2 Å². The zero-order valence-electron chi connectivity index (χ0n) is 18.1. The van der Waals surface area contributed by atoms with Crippen molar-refractivity contribution in [2.24, 2.45) is 0 Å². The molecule has 0 N–H and O–H groups in total. The lowest BCUT2D eigenvalue weighted by Gasteiger charge is -2.18. The Hall–Kier alpha value is -3.88. The molecular formula is C24H22F3N5O. The monoisotopic (exact) mass is 453 g/mol. The first-order valence-corrected chi connectivity index (χ1v) is 10.3. The van der Waals surface area contributed by atoms with Crippen LogP contribution in [0.1, 0.15) is 21.7 Å². The Morgan fingerprint density at radius 2 is 1.85 bits per heavy atom. The van der Waals surface area contributed by atoms with Crippen LogP contribution in [0.5, 0.6) is 0 Å². The summed E-state index contributed by atoms with van der Waals surface area (Å²) in [5.41, 5.74) is 3.43. The molecule has 170 valence electrons. The van der Waals surface area contributed by atoms with E-state index in [4.69, 9.17) is 0 Å². The highest BCUT2D eigenvalue weighted by Crippen LogP contribution is 2.26. The molecule has 6 nitrogen and oxygen atoms in total. The first kappa shape index (κ1) is 22.3. The van der Waals surface area contributed by atoms with Crippen molar-refractivity contribution in [3.05, 3.63) is 90.1 Å². The smallest absolute Gasteiger partial charge is 0.334 e. The lowest BCUT2D eigenvalue weighted by atomic mass is 10.1. The molecule has 0 aliphatic heterocycles. The largest absolute Gasteiger partial charge is 0.406 e. The maximum atomic E-state index is 13.4. The van der Waals surface area contributed by atoms with Crippen LogP contribution < -0.4 is 0 Å². The van der Waals surface area contributed by atoms with Crippen LogP contribution >= 0.6 is 0 Å². The van der Waals surface area contributed by atoms with Gasteiger partial charge in [0.25, 0.3) is 5.91 Å². The van der Waals surface area contributed by atoms with Crippen molar-refractivity contribution in [1.29, 1.82) is 0 Å². The van der Waals surface area contributed by atoms with E-state index in [1.807, 2.05) is 61.5 Å².